The Hall–Kier alpha value is -3.88. The Labute approximate surface area is 166 Å². The van der Waals surface area contributed by atoms with Crippen molar-refractivity contribution in [1.29, 1.82) is 0 Å². The van der Waals surface area contributed by atoms with E-state index in [9.17, 15) is 9.59 Å². The molecule has 0 bridgehead atoms. The van der Waals surface area contributed by atoms with Gasteiger partial charge in [0.15, 0.2) is 5.69 Å². The maximum Gasteiger partial charge on any atom is 0.337 e. The van der Waals surface area contributed by atoms with E-state index in [1.54, 1.807) is 48.5 Å². The summed E-state index contributed by atoms with van der Waals surface area (Å²) in [6.07, 6.45) is 0.652. The van der Waals surface area contributed by atoms with E-state index < -0.39 is 5.91 Å². The molecule has 0 spiro atoms. The fourth-order valence-corrected chi connectivity index (χ4v) is 2.58. The van der Waals surface area contributed by atoms with Gasteiger partial charge in [0.25, 0.3) is 5.91 Å². The smallest absolute Gasteiger partial charge is 0.337 e. The fraction of sp³-hybridized carbons (Fsp3) is 0.200. The number of benzene rings is 2. The van der Waals surface area contributed by atoms with Gasteiger partial charge in [0.05, 0.1) is 25.9 Å². The molecule has 2 aromatic carbocycles. The topological polar surface area (TPSA) is 129 Å². The van der Waals surface area contributed by atoms with Crippen molar-refractivity contribution < 1.29 is 23.8 Å². The molecule has 150 valence electrons. The minimum absolute atomic E-state index is 0.0776. The lowest BCUT2D eigenvalue weighted by atomic mass is 10.1. The first kappa shape index (κ1) is 19.9. The Morgan fingerprint density at radius 1 is 1.00 bits per heavy atom. The lowest BCUT2D eigenvalue weighted by Gasteiger charge is -2.09. The van der Waals surface area contributed by atoms with Crippen LogP contribution in [0.1, 0.15) is 27.3 Å². The molecule has 0 unspecified atom stereocenters. The molecular weight excluding hydrogens is 376 g/mol. The van der Waals surface area contributed by atoms with Crippen molar-refractivity contribution in [2.75, 3.05) is 20.3 Å². The second-order valence-electron chi connectivity index (χ2n) is 5.98. The summed E-state index contributed by atoms with van der Waals surface area (Å²) in [7, 11) is 1.34. The predicted octanol–water partition coefficient (Wildman–Crippen LogP) is 2.21. The van der Waals surface area contributed by atoms with Crippen LogP contribution in [-0.4, -0.2) is 47.6 Å². The number of rotatable bonds is 9. The van der Waals surface area contributed by atoms with E-state index in [4.69, 9.17) is 15.2 Å². The summed E-state index contributed by atoms with van der Waals surface area (Å²) in [6, 6.07) is 13.9. The highest BCUT2D eigenvalue weighted by molar-refractivity contribution is 5.96. The molecule has 3 aromatic rings. The molecule has 0 saturated carbocycles. The second-order valence-corrected chi connectivity index (χ2v) is 5.98. The molecule has 0 atom stereocenters. The van der Waals surface area contributed by atoms with Crippen molar-refractivity contribution in [3.63, 3.8) is 0 Å². The summed E-state index contributed by atoms with van der Waals surface area (Å²) in [5.74, 6) is 0.241. The fourth-order valence-electron chi connectivity index (χ4n) is 2.58. The highest BCUT2D eigenvalue weighted by Gasteiger charge is 2.15. The summed E-state index contributed by atoms with van der Waals surface area (Å²) >= 11 is 0. The van der Waals surface area contributed by atoms with Crippen LogP contribution in [-0.2, 0) is 4.74 Å². The van der Waals surface area contributed by atoms with Crippen LogP contribution < -0.4 is 15.2 Å². The van der Waals surface area contributed by atoms with Gasteiger partial charge in [0, 0.05) is 12.0 Å². The molecule has 1 amide bonds. The minimum Gasteiger partial charge on any atom is -0.493 e. The number of H-pyrrole nitrogens is 1. The number of carbonyl (C=O) groups excluding carboxylic acids is 2. The van der Waals surface area contributed by atoms with Crippen LogP contribution >= 0.6 is 0 Å². The number of primary amides is 1. The van der Waals surface area contributed by atoms with Crippen molar-refractivity contribution in [3.05, 3.63) is 59.8 Å². The van der Waals surface area contributed by atoms with Crippen LogP contribution in [0.5, 0.6) is 11.5 Å². The number of nitrogens with zero attached hydrogens (tertiary/aromatic N) is 2. The zero-order valence-corrected chi connectivity index (χ0v) is 15.8. The first-order valence-corrected chi connectivity index (χ1v) is 8.83. The number of hydrogen-bond donors (Lipinski definition) is 2. The molecule has 1 heterocycles. The third-order valence-electron chi connectivity index (χ3n) is 3.99. The molecule has 9 heteroatoms. The SMILES string of the molecule is COC(=O)c1ccc(OCCCOc2cccc(-c3n[nH]nc3C(N)=O)c2)cc1. The molecule has 0 aliphatic heterocycles. The van der Waals surface area contributed by atoms with Crippen molar-refractivity contribution in [1.82, 2.24) is 15.4 Å². The van der Waals surface area contributed by atoms with Crippen LogP contribution in [0, 0.1) is 0 Å². The van der Waals surface area contributed by atoms with E-state index in [0.717, 1.165) is 0 Å². The summed E-state index contributed by atoms with van der Waals surface area (Å²) in [5.41, 5.74) is 6.89. The van der Waals surface area contributed by atoms with E-state index in [1.807, 2.05) is 0 Å². The molecule has 3 rings (SSSR count). The number of aromatic nitrogens is 3. The van der Waals surface area contributed by atoms with Crippen molar-refractivity contribution in [2.24, 2.45) is 5.73 Å². The molecule has 0 aliphatic carbocycles. The standard InChI is InChI=1S/C20H20N4O5/c1-27-20(26)13-6-8-15(9-7-13)28-10-3-11-29-16-5-2-4-14(12-16)17-18(19(21)25)23-24-22-17/h2,4-9,12H,3,10-11H2,1H3,(H2,21,25)(H,22,23,24). The average Bonchev–Trinajstić information content (AvgIpc) is 3.24. The van der Waals surface area contributed by atoms with E-state index in [1.165, 1.54) is 7.11 Å². The van der Waals surface area contributed by atoms with Gasteiger partial charge in [-0.05, 0) is 36.4 Å². The van der Waals surface area contributed by atoms with Gasteiger partial charge < -0.3 is 19.9 Å². The maximum atomic E-state index is 11.4. The van der Waals surface area contributed by atoms with Gasteiger partial charge in [-0.15, -0.1) is 0 Å². The molecule has 1 aromatic heterocycles. The van der Waals surface area contributed by atoms with E-state index in [-0.39, 0.29) is 11.7 Å². The number of nitrogens with two attached hydrogens (primary N) is 1. The highest BCUT2D eigenvalue weighted by atomic mass is 16.5. The summed E-state index contributed by atoms with van der Waals surface area (Å²) in [6.45, 7) is 0.886. The number of ether oxygens (including phenoxy) is 3. The van der Waals surface area contributed by atoms with Gasteiger partial charge in [-0.25, -0.2) is 4.79 Å². The third-order valence-corrected chi connectivity index (χ3v) is 3.99. The van der Waals surface area contributed by atoms with Gasteiger partial charge >= 0.3 is 5.97 Å². The van der Waals surface area contributed by atoms with Gasteiger partial charge in [-0.1, -0.05) is 12.1 Å². The number of methoxy groups -OCH3 is 1. The van der Waals surface area contributed by atoms with Crippen molar-refractivity contribution >= 4 is 11.9 Å². The number of carbonyl (C=O) groups is 2. The number of aromatic amines is 1. The second kappa shape index (κ2) is 9.36. The summed E-state index contributed by atoms with van der Waals surface area (Å²) in [5, 5.41) is 10.1. The van der Waals surface area contributed by atoms with Crippen molar-refractivity contribution in [3.8, 4) is 22.8 Å². The van der Waals surface area contributed by atoms with E-state index in [0.29, 0.717) is 48.0 Å². The number of esters is 1. The van der Waals surface area contributed by atoms with Crippen molar-refractivity contribution in [2.45, 2.75) is 6.42 Å². The molecule has 0 saturated heterocycles. The summed E-state index contributed by atoms with van der Waals surface area (Å²) in [4.78, 5) is 22.8. The first-order chi connectivity index (χ1) is 14.1. The average molecular weight is 396 g/mol. The largest absolute Gasteiger partial charge is 0.493 e. The Morgan fingerprint density at radius 3 is 2.41 bits per heavy atom. The van der Waals surface area contributed by atoms with Crippen LogP contribution in [0.15, 0.2) is 48.5 Å². The molecule has 0 fully saturated rings. The maximum absolute atomic E-state index is 11.4. The van der Waals surface area contributed by atoms with E-state index >= 15 is 0 Å². The molecular formula is C20H20N4O5. The van der Waals surface area contributed by atoms with Crippen LogP contribution in [0.2, 0.25) is 0 Å². The van der Waals surface area contributed by atoms with Crippen LogP contribution in [0.4, 0.5) is 0 Å². The first-order valence-electron chi connectivity index (χ1n) is 8.83. The molecule has 0 aliphatic rings. The van der Waals surface area contributed by atoms with Gasteiger partial charge in [0.2, 0.25) is 0 Å². The number of amides is 1. The highest BCUT2D eigenvalue weighted by Crippen LogP contribution is 2.24. The minimum atomic E-state index is -0.656. The third kappa shape index (κ3) is 5.10. The van der Waals surface area contributed by atoms with Gasteiger partial charge in [-0.3, -0.25) is 4.79 Å². The zero-order valence-electron chi connectivity index (χ0n) is 15.8. The summed E-state index contributed by atoms with van der Waals surface area (Å²) < 4.78 is 16.0. The molecule has 0 radical (unpaired) electrons. The Bertz CT molecular complexity index is 985. The van der Waals surface area contributed by atoms with Crippen LogP contribution in [0.3, 0.4) is 0 Å². The normalized spacial score (nSPS) is 10.4. The van der Waals surface area contributed by atoms with E-state index in [2.05, 4.69) is 20.1 Å². The molecule has 29 heavy (non-hydrogen) atoms. The number of hydrogen-bond acceptors (Lipinski definition) is 7. The predicted molar refractivity (Wildman–Crippen MR) is 104 cm³/mol. The zero-order chi connectivity index (χ0) is 20.6. The quantitative estimate of drug-likeness (QED) is 0.419. The van der Waals surface area contributed by atoms with Crippen LogP contribution in [0.25, 0.3) is 11.3 Å². The number of nitrogens with one attached hydrogen (secondary N) is 1. The molecule has 9 nitrogen and oxygen atoms in total. The molecule has 3 N–H and O–H groups in total. The monoisotopic (exact) mass is 396 g/mol. The Morgan fingerprint density at radius 2 is 1.72 bits per heavy atom. The lowest BCUT2D eigenvalue weighted by molar-refractivity contribution is 0.0600. The van der Waals surface area contributed by atoms with Gasteiger partial charge in [0.1, 0.15) is 17.2 Å². The lowest BCUT2D eigenvalue weighted by Crippen LogP contribution is -2.12. The Balaban J connectivity index is 1.48. The Kier molecular flexibility index (Phi) is 6.41. The van der Waals surface area contributed by atoms with Gasteiger partial charge in [-0.2, -0.15) is 15.4 Å².